The van der Waals surface area contributed by atoms with Gasteiger partial charge in [0.05, 0.1) is 11.0 Å². The van der Waals surface area contributed by atoms with Gasteiger partial charge in [-0.05, 0) is 52.9 Å². The van der Waals surface area contributed by atoms with Gasteiger partial charge in [0.1, 0.15) is 5.78 Å². The molecule has 0 amide bonds. The standard InChI is InChI=1S/C11H14F6.C9H11F5.C9H11F3O.C5H6F2O.C4H4F2O/c1-4-5-7(6-8(12)9(13)14)10(2,3)11(15,16)17;1-4-5-8(2,3)9(13,14)6(10)7(11)12;1-3-4-7(6(2)13)5-8(10)9(11)12;1-3(4(2)8)5(6)7;1-3(7)2-4(5)6/h4,7H,1,5-6H2,2-3H3;4H,1,5H2,2-3H3;3,7H,1,4-5H2,2H3;1-2H3;2H,1H3. The Bertz CT molecular complexity index is 1530. The zero-order valence-corrected chi connectivity index (χ0v) is 33.1. The van der Waals surface area contributed by atoms with Gasteiger partial charge in [-0.1, -0.05) is 45.9 Å². The van der Waals surface area contributed by atoms with Gasteiger partial charge in [-0.15, -0.1) is 19.7 Å². The van der Waals surface area contributed by atoms with E-state index in [0.717, 1.165) is 54.5 Å². The Morgan fingerprint density at radius 3 is 1.20 bits per heavy atom. The molecule has 0 saturated carbocycles. The van der Waals surface area contributed by atoms with Crippen LogP contribution in [-0.4, -0.2) is 29.4 Å². The zero-order chi connectivity index (χ0) is 48.4. The van der Waals surface area contributed by atoms with Gasteiger partial charge in [-0.2, -0.15) is 70.2 Å². The van der Waals surface area contributed by atoms with Crippen molar-refractivity contribution >= 4 is 17.3 Å². The molecule has 0 aromatic heterocycles. The second-order valence-electron chi connectivity index (χ2n) is 13.0. The highest BCUT2D eigenvalue weighted by molar-refractivity contribution is 5.92. The van der Waals surface area contributed by atoms with Crippen molar-refractivity contribution in [3.8, 4) is 0 Å². The molecule has 2 atom stereocenters. The third kappa shape index (κ3) is 27.9. The van der Waals surface area contributed by atoms with Crippen molar-refractivity contribution in [2.45, 2.75) is 99.6 Å². The summed E-state index contributed by atoms with van der Waals surface area (Å²) in [6.45, 7) is 18.1. The van der Waals surface area contributed by atoms with E-state index in [1.54, 1.807) is 0 Å². The van der Waals surface area contributed by atoms with Crippen molar-refractivity contribution in [1.29, 1.82) is 0 Å². The topological polar surface area (TPSA) is 51.2 Å². The lowest BCUT2D eigenvalue weighted by Crippen LogP contribution is -2.39. The van der Waals surface area contributed by atoms with Crippen LogP contribution in [0.4, 0.5) is 79.0 Å². The number of allylic oxidation sites excluding steroid dienone is 8. The predicted molar refractivity (Wildman–Crippen MR) is 188 cm³/mol. The third-order valence-corrected chi connectivity index (χ3v) is 7.56. The highest BCUT2D eigenvalue weighted by atomic mass is 19.4. The SMILES string of the molecule is C=CCC(C)(C)C(F)(F)C(F)=C(F)F.C=CCC(CC(F)=C(F)F)C(C)(C)C(F)(F)F.C=CCC(CC(F)=C(F)F)C(C)=O.CC(=O)C(C)=C(F)F.CC(=O)C=C(F)F. The maximum absolute atomic E-state index is 13.1. The summed E-state index contributed by atoms with van der Waals surface area (Å²) in [4.78, 5) is 30.6. The summed E-state index contributed by atoms with van der Waals surface area (Å²) in [5, 5.41) is 0. The lowest BCUT2D eigenvalue weighted by molar-refractivity contribution is -0.229. The minimum absolute atomic E-state index is 0.187. The first-order chi connectivity index (χ1) is 26.4. The van der Waals surface area contributed by atoms with E-state index in [1.165, 1.54) is 19.1 Å². The van der Waals surface area contributed by atoms with Gasteiger partial charge in [0, 0.05) is 30.3 Å². The molecule has 0 spiro atoms. The number of alkyl halides is 5. The van der Waals surface area contributed by atoms with Crippen LogP contribution in [0.1, 0.15) is 87.5 Å². The van der Waals surface area contributed by atoms with E-state index in [2.05, 4.69) is 19.7 Å². The number of halogens is 18. The molecule has 0 aliphatic heterocycles. The summed E-state index contributed by atoms with van der Waals surface area (Å²) in [6.07, 6.45) is -14.0. The van der Waals surface area contributed by atoms with Crippen LogP contribution in [0.15, 0.2) is 97.5 Å². The quantitative estimate of drug-likeness (QED) is 0.0881. The Hall–Kier alpha value is -4.33. The molecule has 0 aromatic rings. The molecule has 0 aliphatic carbocycles. The molecule has 21 heteroatoms. The lowest BCUT2D eigenvalue weighted by atomic mass is 9.74. The second kappa shape index (κ2) is 29.8. The first kappa shape index (κ1) is 63.8. The summed E-state index contributed by atoms with van der Waals surface area (Å²) in [5.74, 6) is -13.7. The summed E-state index contributed by atoms with van der Waals surface area (Å²) in [5.41, 5.74) is -4.62. The average Bonchev–Trinajstić information content (AvgIpc) is 3.06. The largest absolute Gasteiger partial charge is 0.394 e. The maximum Gasteiger partial charge on any atom is 0.394 e. The van der Waals surface area contributed by atoms with E-state index in [-0.39, 0.29) is 31.1 Å². The number of carbonyl (C=O) groups excluding carboxylic acids is 3. The van der Waals surface area contributed by atoms with Crippen LogP contribution >= 0.6 is 0 Å². The van der Waals surface area contributed by atoms with Gasteiger partial charge in [-0.25, -0.2) is 8.78 Å². The number of hydrogen-bond acceptors (Lipinski definition) is 3. The van der Waals surface area contributed by atoms with E-state index in [9.17, 15) is 93.4 Å². The van der Waals surface area contributed by atoms with Crippen LogP contribution in [0.2, 0.25) is 0 Å². The van der Waals surface area contributed by atoms with Gasteiger partial charge in [0.25, 0.3) is 12.2 Å². The van der Waals surface area contributed by atoms with E-state index >= 15 is 0 Å². The fourth-order valence-electron chi connectivity index (χ4n) is 3.44. The van der Waals surface area contributed by atoms with Crippen LogP contribution in [-0.2, 0) is 14.4 Å². The molecule has 0 fully saturated rings. The summed E-state index contributed by atoms with van der Waals surface area (Å²) >= 11 is 0. The van der Waals surface area contributed by atoms with Crippen molar-refractivity contribution in [1.82, 2.24) is 0 Å². The second-order valence-corrected chi connectivity index (χ2v) is 13.0. The molecule has 0 saturated heterocycles. The highest BCUT2D eigenvalue weighted by Gasteiger charge is 2.53. The van der Waals surface area contributed by atoms with E-state index in [4.69, 9.17) is 0 Å². The van der Waals surface area contributed by atoms with Gasteiger partial charge in [0.15, 0.2) is 23.2 Å². The third-order valence-electron chi connectivity index (χ3n) is 7.56. The monoisotopic (exact) mass is 892 g/mol. The van der Waals surface area contributed by atoms with Crippen LogP contribution in [0.3, 0.4) is 0 Å². The molecule has 0 heterocycles. The first-order valence-corrected chi connectivity index (χ1v) is 16.3. The molecule has 0 bridgehead atoms. The highest BCUT2D eigenvalue weighted by Crippen LogP contribution is 2.48. The maximum atomic E-state index is 13.1. The smallest absolute Gasteiger partial charge is 0.300 e. The Morgan fingerprint density at radius 1 is 0.576 bits per heavy atom. The average molecular weight is 893 g/mol. The Balaban J connectivity index is -0.000000213. The van der Waals surface area contributed by atoms with Crippen LogP contribution in [0.25, 0.3) is 0 Å². The van der Waals surface area contributed by atoms with Crippen molar-refractivity contribution in [3.63, 3.8) is 0 Å². The zero-order valence-electron chi connectivity index (χ0n) is 33.1. The lowest BCUT2D eigenvalue weighted by Gasteiger charge is -2.35. The Kier molecular flexibility index (Phi) is 32.3. The Labute approximate surface area is 330 Å². The minimum atomic E-state index is -4.59. The number of rotatable bonds is 16. The van der Waals surface area contributed by atoms with Crippen molar-refractivity contribution in [2.75, 3.05) is 0 Å². The minimum Gasteiger partial charge on any atom is -0.300 e. The fraction of sp³-hybridized carbons (Fsp3) is 0.500. The molecular weight excluding hydrogens is 846 g/mol. The normalized spacial score (nSPS) is 11.8. The fourth-order valence-corrected chi connectivity index (χ4v) is 3.44. The molecule has 0 aliphatic rings. The molecule has 0 radical (unpaired) electrons. The number of carbonyl (C=O) groups is 3. The molecule has 0 N–H and O–H groups in total. The van der Waals surface area contributed by atoms with Crippen LogP contribution < -0.4 is 0 Å². The molecule has 3 nitrogen and oxygen atoms in total. The molecule has 0 aromatic carbocycles. The van der Waals surface area contributed by atoms with Gasteiger partial charge < -0.3 is 0 Å². The summed E-state index contributed by atoms with van der Waals surface area (Å²) in [6, 6.07) is 0. The molecular formula is C38H46F18O3. The summed E-state index contributed by atoms with van der Waals surface area (Å²) in [7, 11) is 0. The Morgan fingerprint density at radius 2 is 0.983 bits per heavy atom. The van der Waals surface area contributed by atoms with E-state index < -0.39 is 113 Å². The molecule has 0 rings (SSSR count). The van der Waals surface area contributed by atoms with Crippen molar-refractivity contribution in [3.05, 3.63) is 97.5 Å². The number of hydrogen-bond donors (Lipinski definition) is 0. The van der Waals surface area contributed by atoms with Gasteiger partial charge in [0.2, 0.25) is 5.83 Å². The van der Waals surface area contributed by atoms with Crippen molar-refractivity contribution in [2.24, 2.45) is 22.7 Å². The molecule has 342 valence electrons. The van der Waals surface area contributed by atoms with Crippen LogP contribution in [0, 0.1) is 22.7 Å². The number of Topliss-reactive ketones (excluding diaryl/α,β-unsaturated/α-hetero) is 2. The first-order valence-electron chi connectivity index (χ1n) is 16.3. The summed E-state index contributed by atoms with van der Waals surface area (Å²) < 4.78 is 217. The molecule has 2 unspecified atom stereocenters. The predicted octanol–water partition coefficient (Wildman–Crippen LogP) is 15.9. The van der Waals surface area contributed by atoms with E-state index in [1.807, 2.05) is 0 Å². The molecule has 59 heavy (non-hydrogen) atoms. The van der Waals surface area contributed by atoms with Gasteiger partial charge >= 0.3 is 30.3 Å². The van der Waals surface area contributed by atoms with E-state index in [0.29, 0.717) is 0 Å². The van der Waals surface area contributed by atoms with Crippen molar-refractivity contribution < 1.29 is 93.4 Å². The van der Waals surface area contributed by atoms with Gasteiger partial charge in [-0.3, -0.25) is 14.4 Å². The number of ketones is 3. The van der Waals surface area contributed by atoms with Crippen LogP contribution in [0.5, 0.6) is 0 Å².